The summed E-state index contributed by atoms with van der Waals surface area (Å²) >= 11 is 0. The molecule has 5 atom stereocenters. The number of hydrogen-bond donors (Lipinski definition) is 1. The molecule has 4 rings (SSSR count). The van der Waals surface area contributed by atoms with Crippen LogP contribution in [-0.4, -0.2) is 29.2 Å². The van der Waals surface area contributed by atoms with Crippen molar-refractivity contribution in [2.24, 2.45) is 11.3 Å². The SMILES string of the molecule is C/C1=C/CC[C@@]2(C)O[C@@H]2[C@@]2(O)OCC3=C2CC[C@@H](C)[C@]3(C)CC1. The first-order valence-corrected chi connectivity index (χ1v) is 9.22. The third kappa shape index (κ3) is 2.20. The van der Waals surface area contributed by atoms with Gasteiger partial charge in [0.15, 0.2) is 0 Å². The lowest BCUT2D eigenvalue weighted by molar-refractivity contribution is -0.169. The van der Waals surface area contributed by atoms with E-state index in [0.29, 0.717) is 12.5 Å². The van der Waals surface area contributed by atoms with Gasteiger partial charge in [-0.15, -0.1) is 0 Å². The van der Waals surface area contributed by atoms with Crippen LogP contribution in [0.3, 0.4) is 0 Å². The molecule has 0 radical (unpaired) electrons. The van der Waals surface area contributed by atoms with E-state index in [1.54, 1.807) is 0 Å². The number of allylic oxidation sites excluding steroid dienone is 2. The van der Waals surface area contributed by atoms with E-state index in [9.17, 15) is 5.11 Å². The Hall–Kier alpha value is -0.640. The van der Waals surface area contributed by atoms with Gasteiger partial charge in [-0.25, -0.2) is 0 Å². The molecule has 0 aromatic rings. The van der Waals surface area contributed by atoms with Crippen molar-refractivity contribution in [3.8, 4) is 0 Å². The third-order valence-corrected chi connectivity index (χ3v) is 7.25. The van der Waals surface area contributed by atoms with Gasteiger partial charge >= 0.3 is 0 Å². The molecule has 3 heteroatoms. The molecule has 4 bridgehead atoms. The molecule has 2 aliphatic heterocycles. The lowest BCUT2D eigenvalue weighted by Gasteiger charge is -2.42. The average Bonchev–Trinajstić information content (AvgIpc) is 3.05. The average molecular weight is 318 g/mol. The molecule has 1 N–H and O–H groups in total. The second kappa shape index (κ2) is 4.93. The third-order valence-electron chi connectivity index (χ3n) is 7.25. The minimum Gasteiger partial charge on any atom is -0.360 e. The molecule has 4 aliphatic rings. The summed E-state index contributed by atoms with van der Waals surface area (Å²) in [6.07, 6.45) is 8.51. The summed E-state index contributed by atoms with van der Waals surface area (Å²) < 4.78 is 12.0. The zero-order valence-corrected chi connectivity index (χ0v) is 14.9. The molecular weight excluding hydrogens is 288 g/mol. The van der Waals surface area contributed by atoms with Gasteiger partial charge in [0.05, 0.1) is 12.2 Å². The zero-order valence-electron chi connectivity index (χ0n) is 14.9. The quantitative estimate of drug-likeness (QED) is 0.540. The standard InChI is InChI=1S/C20H30O3/c1-13-6-5-10-19(4)17(23-19)20(21)15-8-7-14(2)18(3,11-9-13)16(15)12-22-20/h6,14,17,21H,5,7-12H2,1-4H3/b13-6-/t14-,17+,18+,19-,20+/m1/s1. The Morgan fingerprint density at radius 3 is 2.74 bits per heavy atom. The van der Waals surface area contributed by atoms with Gasteiger partial charge in [-0.3, -0.25) is 0 Å². The predicted octanol–water partition coefficient (Wildman–Crippen LogP) is 4.12. The molecule has 0 amide bonds. The topological polar surface area (TPSA) is 42.0 Å². The van der Waals surface area contributed by atoms with Gasteiger partial charge in [0.2, 0.25) is 5.79 Å². The molecular formula is C20H30O3. The highest BCUT2D eigenvalue weighted by Crippen LogP contribution is 2.59. The van der Waals surface area contributed by atoms with Crippen LogP contribution in [0.15, 0.2) is 22.8 Å². The minimum absolute atomic E-state index is 0.137. The van der Waals surface area contributed by atoms with Crippen molar-refractivity contribution in [1.82, 2.24) is 0 Å². The Morgan fingerprint density at radius 1 is 1.17 bits per heavy atom. The van der Waals surface area contributed by atoms with Crippen molar-refractivity contribution >= 4 is 0 Å². The van der Waals surface area contributed by atoms with Gasteiger partial charge in [0.1, 0.15) is 6.10 Å². The van der Waals surface area contributed by atoms with Gasteiger partial charge in [-0.05, 0) is 74.9 Å². The van der Waals surface area contributed by atoms with E-state index in [2.05, 4.69) is 33.8 Å². The van der Waals surface area contributed by atoms with Crippen LogP contribution in [0.4, 0.5) is 0 Å². The van der Waals surface area contributed by atoms with E-state index in [-0.39, 0.29) is 17.1 Å². The van der Waals surface area contributed by atoms with Crippen LogP contribution in [0.2, 0.25) is 0 Å². The zero-order chi connectivity index (χ0) is 16.5. The minimum atomic E-state index is -1.18. The van der Waals surface area contributed by atoms with Crippen LogP contribution in [0, 0.1) is 11.3 Å². The number of aliphatic hydroxyl groups is 1. The molecule has 0 unspecified atom stereocenters. The summed E-state index contributed by atoms with van der Waals surface area (Å²) in [5.41, 5.74) is 3.89. The molecule has 128 valence electrons. The first-order valence-electron chi connectivity index (χ1n) is 9.22. The number of ether oxygens (including phenoxy) is 2. The van der Waals surface area contributed by atoms with Gasteiger partial charge in [0, 0.05) is 0 Å². The first kappa shape index (κ1) is 15.9. The summed E-state index contributed by atoms with van der Waals surface area (Å²) in [4.78, 5) is 0. The molecule has 2 heterocycles. The maximum Gasteiger partial charge on any atom is 0.219 e. The van der Waals surface area contributed by atoms with Crippen LogP contribution >= 0.6 is 0 Å². The van der Waals surface area contributed by atoms with E-state index in [1.807, 2.05) is 0 Å². The fourth-order valence-corrected chi connectivity index (χ4v) is 5.10. The van der Waals surface area contributed by atoms with Crippen LogP contribution in [0.5, 0.6) is 0 Å². The summed E-state index contributed by atoms with van der Waals surface area (Å²) in [6, 6.07) is 0. The maximum absolute atomic E-state index is 11.3. The van der Waals surface area contributed by atoms with E-state index in [0.717, 1.165) is 44.1 Å². The molecule has 1 saturated heterocycles. The molecule has 2 aliphatic carbocycles. The van der Waals surface area contributed by atoms with E-state index >= 15 is 0 Å². The Labute approximate surface area is 139 Å². The smallest absolute Gasteiger partial charge is 0.219 e. The second-order valence-corrected chi connectivity index (χ2v) is 8.70. The lowest BCUT2D eigenvalue weighted by Crippen LogP contribution is -2.42. The largest absolute Gasteiger partial charge is 0.360 e. The van der Waals surface area contributed by atoms with Crippen molar-refractivity contribution < 1.29 is 14.6 Å². The number of epoxide rings is 1. The molecule has 23 heavy (non-hydrogen) atoms. The monoisotopic (exact) mass is 318 g/mol. The lowest BCUT2D eigenvalue weighted by atomic mass is 9.62. The van der Waals surface area contributed by atoms with E-state index in [4.69, 9.17) is 9.47 Å². The summed E-state index contributed by atoms with van der Waals surface area (Å²) in [5.74, 6) is -0.543. The predicted molar refractivity (Wildman–Crippen MR) is 89.9 cm³/mol. The molecule has 3 nitrogen and oxygen atoms in total. The summed E-state index contributed by atoms with van der Waals surface area (Å²) in [6.45, 7) is 9.70. The Balaban J connectivity index is 1.79. The number of fused-ring (bicyclic) bond motifs is 2. The number of hydrogen-bond acceptors (Lipinski definition) is 3. The van der Waals surface area contributed by atoms with Crippen LogP contribution in [0.1, 0.15) is 66.2 Å². The normalized spacial score (nSPS) is 52.1. The van der Waals surface area contributed by atoms with Crippen LogP contribution < -0.4 is 0 Å². The van der Waals surface area contributed by atoms with E-state index < -0.39 is 5.79 Å². The number of rotatable bonds is 0. The van der Waals surface area contributed by atoms with Crippen molar-refractivity contribution in [3.05, 3.63) is 22.8 Å². The molecule has 0 spiro atoms. The molecule has 0 aromatic carbocycles. The Morgan fingerprint density at radius 2 is 1.96 bits per heavy atom. The summed E-state index contributed by atoms with van der Waals surface area (Å²) in [5, 5.41) is 11.3. The van der Waals surface area contributed by atoms with Gasteiger partial charge in [-0.1, -0.05) is 25.5 Å². The maximum atomic E-state index is 11.3. The van der Waals surface area contributed by atoms with Gasteiger partial charge in [0.25, 0.3) is 0 Å². The molecule has 0 saturated carbocycles. The van der Waals surface area contributed by atoms with Crippen LogP contribution in [0.25, 0.3) is 0 Å². The van der Waals surface area contributed by atoms with Crippen molar-refractivity contribution in [1.29, 1.82) is 0 Å². The Kier molecular flexibility index (Phi) is 3.40. The Bertz CT molecular complexity index is 592. The van der Waals surface area contributed by atoms with Gasteiger partial charge in [-0.2, -0.15) is 0 Å². The first-order chi connectivity index (χ1) is 10.8. The summed E-state index contributed by atoms with van der Waals surface area (Å²) in [7, 11) is 0. The van der Waals surface area contributed by atoms with Crippen LogP contribution in [-0.2, 0) is 9.47 Å². The van der Waals surface area contributed by atoms with Crippen molar-refractivity contribution in [3.63, 3.8) is 0 Å². The van der Waals surface area contributed by atoms with Crippen molar-refractivity contribution in [2.75, 3.05) is 6.61 Å². The highest BCUT2D eigenvalue weighted by molar-refractivity contribution is 5.38. The second-order valence-electron chi connectivity index (χ2n) is 8.70. The van der Waals surface area contributed by atoms with E-state index in [1.165, 1.54) is 11.1 Å². The fraction of sp³-hybridized carbons (Fsp3) is 0.800. The van der Waals surface area contributed by atoms with Crippen molar-refractivity contribution in [2.45, 2.75) is 83.7 Å². The van der Waals surface area contributed by atoms with Gasteiger partial charge < -0.3 is 14.6 Å². The molecule has 1 fully saturated rings. The highest BCUT2D eigenvalue weighted by Gasteiger charge is 2.67. The molecule has 0 aromatic heterocycles. The highest BCUT2D eigenvalue weighted by atomic mass is 16.7. The fourth-order valence-electron chi connectivity index (χ4n) is 5.10.